The molecule has 0 saturated carbocycles. The van der Waals surface area contributed by atoms with Crippen molar-refractivity contribution < 1.29 is 13.2 Å². The highest BCUT2D eigenvalue weighted by atomic mass is 32.2. The zero-order valence-electron chi connectivity index (χ0n) is 16.3. The number of piperidine rings is 2. The summed E-state index contributed by atoms with van der Waals surface area (Å²) in [5.41, 5.74) is 1.02. The Bertz CT molecular complexity index is 760. The summed E-state index contributed by atoms with van der Waals surface area (Å²) >= 11 is 0. The molecule has 8 nitrogen and oxygen atoms in total. The number of nitrogens with zero attached hydrogens (tertiary/aromatic N) is 5. The molecule has 0 N–H and O–H groups in total. The van der Waals surface area contributed by atoms with Gasteiger partial charge in [0.25, 0.3) is 0 Å². The molecule has 2 aliphatic rings. The molecule has 0 aliphatic carbocycles. The quantitative estimate of drug-likeness (QED) is 0.752. The highest BCUT2D eigenvalue weighted by Gasteiger charge is 2.34. The lowest BCUT2D eigenvalue weighted by Crippen LogP contribution is -2.52. The fourth-order valence-electron chi connectivity index (χ4n) is 3.89. The molecule has 3 heterocycles. The Kier molecular flexibility index (Phi) is 6.00. The first-order chi connectivity index (χ1) is 12.8. The van der Waals surface area contributed by atoms with Gasteiger partial charge in [-0.05, 0) is 38.2 Å². The fraction of sp³-hybridized carbons (Fsp3) is 0.722. The topological polar surface area (TPSA) is 86.7 Å². The largest absolute Gasteiger partial charge is 0.340 e. The van der Waals surface area contributed by atoms with E-state index in [0.717, 1.165) is 24.9 Å². The molecule has 2 aliphatic heterocycles. The zero-order chi connectivity index (χ0) is 19.6. The van der Waals surface area contributed by atoms with E-state index in [1.54, 1.807) is 12.4 Å². The molecule has 0 radical (unpaired) electrons. The van der Waals surface area contributed by atoms with E-state index in [0.29, 0.717) is 38.4 Å². The van der Waals surface area contributed by atoms with E-state index >= 15 is 0 Å². The minimum atomic E-state index is -3.17. The van der Waals surface area contributed by atoms with Gasteiger partial charge in [0.05, 0.1) is 6.26 Å². The first-order valence-corrected chi connectivity index (χ1v) is 11.4. The van der Waals surface area contributed by atoms with Gasteiger partial charge in [0.1, 0.15) is 0 Å². The molecule has 0 bridgehead atoms. The molecule has 27 heavy (non-hydrogen) atoms. The average molecular weight is 396 g/mol. The highest BCUT2D eigenvalue weighted by Crippen LogP contribution is 2.25. The van der Waals surface area contributed by atoms with Gasteiger partial charge in [-0.25, -0.2) is 22.7 Å². The Morgan fingerprint density at radius 3 is 2.37 bits per heavy atom. The van der Waals surface area contributed by atoms with Crippen molar-refractivity contribution >= 4 is 21.9 Å². The van der Waals surface area contributed by atoms with Crippen molar-refractivity contribution in [2.45, 2.75) is 38.6 Å². The summed E-state index contributed by atoms with van der Waals surface area (Å²) in [5, 5.41) is 0. The van der Waals surface area contributed by atoms with Crippen LogP contribution in [-0.4, -0.2) is 79.0 Å². The second-order valence-electron chi connectivity index (χ2n) is 7.69. The predicted octanol–water partition coefficient (Wildman–Crippen LogP) is 0.884. The maximum Gasteiger partial charge on any atom is 0.225 e. The number of carbonyl (C=O) groups excluding carboxylic acids is 1. The van der Waals surface area contributed by atoms with Gasteiger partial charge in [-0.15, -0.1) is 0 Å². The third-order valence-corrected chi connectivity index (χ3v) is 6.91. The summed E-state index contributed by atoms with van der Waals surface area (Å²) in [4.78, 5) is 25.8. The van der Waals surface area contributed by atoms with E-state index in [4.69, 9.17) is 0 Å². The number of aryl methyl sites for hydroxylation is 1. The summed E-state index contributed by atoms with van der Waals surface area (Å²) in [6.07, 6.45) is 8.00. The standard InChI is InChI=1S/C18H29N5O3S/c1-14-11-19-18(20-12-14)21(2)16-5-4-8-22(13-16)17(24)15-6-9-23(10-7-15)27(3,25)26/h11-12,15-16H,4-10,13H2,1-3H3. The van der Waals surface area contributed by atoms with Gasteiger partial charge in [-0.1, -0.05) is 0 Å². The van der Waals surface area contributed by atoms with E-state index in [2.05, 4.69) is 14.9 Å². The molecule has 1 aromatic heterocycles. The van der Waals surface area contributed by atoms with Gasteiger partial charge in [-0.3, -0.25) is 4.79 Å². The van der Waals surface area contributed by atoms with Gasteiger partial charge >= 0.3 is 0 Å². The Morgan fingerprint density at radius 2 is 1.78 bits per heavy atom. The van der Waals surface area contributed by atoms with E-state index in [1.165, 1.54) is 10.6 Å². The Hall–Kier alpha value is -1.74. The average Bonchev–Trinajstić information content (AvgIpc) is 2.67. The summed E-state index contributed by atoms with van der Waals surface area (Å²) < 4.78 is 24.8. The molecule has 1 amide bonds. The smallest absolute Gasteiger partial charge is 0.225 e. The molecule has 9 heteroatoms. The number of sulfonamides is 1. The first kappa shape index (κ1) is 20.0. The van der Waals surface area contributed by atoms with Crippen LogP contribution in [0.4, 0.5) is 5.95 Å². The van der Waals surface area contributed by atoms with Crippen molar-refractivity contribution in [3.8, 4) is 0 Å². The van der Waals surface area contributed by atoms with Crippen LogP contribution in [0.25, 0.3) is 0 Å². The Balaban J connectivity index is 1.59. The number of anilines is 1. The Morgan fingerprint density at radius 1 is 1.15 bits per heavy atom. The summed E-state index contributed by atoms with van der Waals surface area (Å²) in [6, 6.07) is 0.196. The monoisotopic (exact) mass is 395 g/mol. The second kappa shape index (κ2) is 8.10. The Labute approximate surface area is 161 Å². The number of aromatic nitrogens is 2. The minimum absolute atomic E-state index is 0.0809. The molecule has 1 atom stereocenters. The first-order valence-electron chi connectivity index (χ1n) is 9.51. The molecule has 3 rings (SSSR count). The van der Waals surface area contributed by atoms with Crippen LogP contribution in [0.2, 0.25) is 0 Å². The van der Waals surface area contributed by atoms with Crippen molar-refractivity contribution in [3.63, 3.8) is 0 Å². The van der Waals surface area contributed by atoms with Crippen LogP contribution >= 0.6 is 0 Å². The van der Waals surface area contributed by atoms with E-state index in [1.807, 2.05) is 18.9 Å². The van der Waals surface area contributed by atoms with Crippen molar-refractivity contribution in [1.82, 2.24) is 19.2 Å². The molecule has 0 aromatic carbocycles. The van der Waals surface area contributed by atoms with Crippen LogP contribution in [0.5, 0.6) is 0 Å². The molecule has 2 saturated heterocycles. The van der Waals surface area contributed by atoms with Crippen LogP contribution in [-0.2, 0) is 14.8 Å². The van der Waals surface area contributed by atoms with Crippen molar-refractivity contribution in [2.24, 2.45) is 5.92 Å². The molecule has 0 spiro atoms. The molecule has 150 valence electrons. The van der Waals surface area contributed by atoms with Crippen molar-refractivity contribution in [2.75, 3.05) is 44.4 Å². The molecule has 1 aromatic rings. The minimum Gasteiger partial charge on any atom is -0.340 e. The summed E-state index contributed by atoms with van der Waals surface area (Å²) in [7, 11) is -1.19. The highest BCUT2D eigenvalue weighted by molar-refractivity contribution is 7.88. The van der Waals surface area contributed by atoms with Crippen molar-refractivity contribution in [1.29, 1.82) is 0 Å². The third-order valence-electron chi connectivity index (χ3n) is 5.61. The number of hydrogen-bond donors (Lipinski definition) is 0. The van der Waals surface area contributed by atoms with Gasteiger partial charge < -0.3 is 9.80 Å². The lowest BCUT2D eigenvalue weighted by atomic mass is 9.94. The van der Waals surface area contributed by atoms with Gasteiger partial charge in [0, 0.05) is 57.6 Å². The molecular formula is C18H29N5O3S. The van der Waals surface area contributed by atoms with E-state index in [-0.39, 0.29) is 17.9 Å². The van der Waals surface area contributed by atoms with Crippen LogP contribution in [0, 0.1) is 12.8 Å². The number of amides is 1. The van der Waals surface area contributed by atoms with Gasteiger partial charge in [0.2, 0.25) is 21.9 Å². The number of rotatable bonds is 4. The molecule has 2 fully saturated rings. The number of carbonyl (C=O) groups is 1. The molecular weight excluding hydrogens is 366 g/mol. The fourth-order valence-corrected chi connectivity index (χ4v) is 4.77. The maximum atomic E-state index is 13.0. The van der Waals surface area contributed by atoms with Crippen LogP contribution in [0.1, 0.15) is 31.2 Å². The van der Waals surface area contributed by atoms with Crippen LogP contribution < -0.4 is 4.90 Å². The summed E-state index contributed by atoms with van der Waals surface area (Å²) in [6.45, 7) is 4.26. The number of likely N-dealkylation sites (N-methyl/N-ethyl adjacent to an activating group) is 1. The lowest BCUT2D eigenvalue weighted by molar-refractivity contribution is -0.137. The maximum absolute atomic E-state index is 13.0. The van der Waals surface area contributed by atoms with Crippen LogP contribution in [0.15, 0.2) is 12.4 Å². The van der Waals surface area contributed by atoms with E-state index in [9.17, 15) is 13.2 Å². The van der Waals surface area contributed by atoms with Gasteiger partial charge in [0.15, 0.2) is 0 Å². The third kappa shape index (κ3) is 4.76. The SMILES string of the molecule is Cc1cnc(N(C)C2CCCN(C(=O)C3CCN(S(C)(=O)=O)CC3)C2)nc1. The summed E-state index contributed by atoms with van der Waals surface area (Å²) in [5.74, 6) is 0.759. The van der Waals surface area contributed by atoms with Crippen molar-refractivity contribution in [3.05, 3.63) is 18.0 Å². The number of likely N-dealkylation sites (tertiary alicyclic amines) is 1. The van der Waals surface area contributed by atoms with E-state index < -0.39 is 10.0 Å². The second-order valence-corrected chi connectivity index (χ2v) is 9.67. The van der Waals surface area contributed by atoms with Gasteiger partial charge in [-0.2, -0.15) is 0 Å². The normalized spacial score (nSPS) is 22.6. The lowest BCUT2D eigenvalue weighted by Gasteiger charge is -2.40. The number of hydrogen-bond acceptors (Lipinski definition) is 6. The van der Waals surface area contributed by atoms with Crippen LogP contribution in [0.3, 0.4) is 0 Å². The zero-order valence-corrected chi connectivity index (χ0v) is 17.2. The molecule has 1 unspecified atom stereocenters. The predicted molar refractivity (Wildman–Crippen MR) is 104 cm³/mol.